The minimum Gasteiger partial charge on any atom is -0.347 e. The van der Waals surface area contributed by atoms with Crippen molar-refractivity contribution in [2.24, 2.45) is 0 Å². The molecule has 2 atom stereocenters. The SMILES string of the molecule is O=C(NCc1ccccc1)c1cn(C[C@@H]2C[C@H](F)CN2C(=O)c2ccn[nH]2)nn1. The Labute approximate surface area is 165 Å². The van der Waals surface area contributed by atoms with Crippen LogP contribution in [0.15, 0.2) is 48.8 Å². The molecule has 4 rings (SSSR count). The normalized spacial score (nSPS) is 18.7. The maximum absolute atomic E-state index is 14.0. The Morgan fingerprint density at radius 1 is 1.24 bits per heavy atom. The molecule has 2 amide bonds. The molecule has 0 aliphatic carbocycles. The van der Waals surface area contributed by atoms with E-state index in [0.29, 0.717) is 12.2 Å². The third-order valence-corrected chi connectivity index (χ3v) is 4.82. The number of nitrogens with one attached hydrogen (secondary N) is 2. The van der Waals surface area contributed by atoms with Crippen molar-refractivity contribution in [2.75, 3.05) is 6.54 Å². The lowest BCUT2D eigenvalue weighted by Crippen LogP contribution is -2.38. The highest BCUT2D eigenvalue weighted by Crippen LogP contribution is 2.23. The zero-order valence-electron chi connectivity index (χ0n) is 15.5. The molecule has 0 radical (unpaired) electrons. The molecule has 1 aromatic carbocycles. The lowest BCUT2D eigenvalue weighted by atomic mass is 10.2. The van der Waals surface area contributed by atoms with Crippen LogP contribution in [0.25, 0.3) is 0 Å². The number of carbonyl (C=O) groups is 2. The van der Waals surface area contributed by atoms with Crippen molar-refractivity contribution in [1.82, 2.24) is 35.4 Å². The highest BCUT2D eigenvalue weighted by atomic mass is 19.1. The largest absolute Gasteiger partial charge is 0.347 e. The van der Waals surface area contributed by atoms with E-state index in [4.69, 9.17) is 0 Å². The van der Waals surface area contributed by atoms with Gasteiger partial charge in [-0.05, 0) is 11.6 Å². The lowest BCUT2D eigenvalue weighted by Gasteiger charge is -2.23. The first kappa shape index (κ1) is 18.8. The van der Waals surface area contributed by atoms with E-state index >= 15 is 0 Å². The van der Waals surface area contributed by atoms with Crippen molar-refractivity contribution in [3.8, 4) is 0 Å². The summed E-state index contributed by atoms with van der Waals surface area (Å²) in [6, 6.07) is 10.7. The molecule has 0 saturated carbocycles. The average molecular weight is 397 g/mol. The number of rotatable bonds is 6. The first-order valence-electron chi connectivity index (χ1n) is 9.27. The lowest BCUT2D eigenvalue weighted by molar-refractivity contribution is 0.0708. The molecular weight excluding hydrogens is 377 g/mol. The summed E-state index contributed by atoms with van der Waals surface area (Å²) in [5.74, 6) is -0.658. The van der Waals surface area contributed by atoms with E-state index in [0.717, 1.165) is 5.56 Å². The summed E-state index contributed by atoms with van der Waals surface area (Å²) < 4.78 is 15.5. The summed E-state index contributed by atoms with van der Waals surface area (Å²) in [7, 11) is 0. The van der Waals surface area contributed by atoms with Gasteiger partial charge in [-0.15, -0.1) is 5.10 Å². The van der Waals surface area contributed by atoms with E-state index in [1.165, 1.54) is 22.0 Å². The number of nitrogens with zero attached hydrogens (tertiary/aromatic N) is 5. The number of halogens is 1. The van der Waals surface area contributed by atoms with E-state index < -0.39 is 6.17 Å². The monoisotopic (exact) mass is 397 g/mol. The van der Waals surface area contributed by atoms with Gasteiger partial charge in [0.15, 0.2) is 5.69 Å². The van der Waals surface area contributed by atoms with Gasteiger partial charge in [-0.1, -0.05) is 35.5 Å². The third-order valence-electron chi connectivity index (χ3n) is 4.82. The van der Waals surface area contributed by atoms with Crippen LogP contribution in [0.4, 0.5) is 4.39 Å². The number of H-pyrrole nitrogens is 1. The van der Waals surface area contributed by atoms with Crippen LogP contribution in [-0.4, -0.2) is 60.7 Å². The van der Waals surface area contributed by atoms with Gasteiger partial charge in [0.1, 0.15) is 11.9 Å². The molecule has 1 fully saturated rings. The molecule has 1 aliphatic heterocycles. The fourth-order valence-corrected chi connectivity index (χ4v) is 3.39. The van der Waals surface area contributed by atoms with Gasteiger partial charge in [0.2, 0.25) is 0 Å². The molecule has 2 N–H and O–H groups in total. The number of likely N-dealkylation sites (tertiary alicyclic amines) is 1. The van der Waals surface area contributed by atoms with E-state index in [-0.39, 0.29) is 43.1 Å². The second-order valence-corrected chi connectivity index (χ2v) is 6.91. The summed E-state index contributed by atoms with van der Waals surface area (Å²) in [4.78, 5) is 26.3. The number of benzene rings is 1. The number of carbonyl (C=O) groups excluding carboxylic acids is 2. The highest BCUT2D eigenvalue weighted by molar-refractivity contribution is 5.92. The molecule has 1 saturated heterocycles. The Balaban J connectivity index is 1.38. The van der Waals surface area contributed by atoms with E-state index in [9.17, 15) is 14.0 Å². The molecule has 0 unspecified atom stereocenters. The van der Waals surface area contributed by atoms with Crippen LogP contribution < -0.4 is 5.32 Å². The Kier molecular flexibility index (Phi) is 5.32. The first-order chi connectivity index (χ1) is 14.1. The molecule has 3 heterocycles. The smallest absolute Gasteiger partial charge is 0.273 e. The fraction of sp³-hybridized carbons (Fsp3) is 0.316. The maximum Gasteiger partial charge on any atom is 0.273 e. The predicted molar refractivity (Wildman–Crippen MR) is 101 cm³/mol. The quantitative estimate of drug-likeness (QED) is 0.649. The van der Waals surface area contributed by atoms with Crippen LogP contribution in [0.5, 0.6) is 0 Å². The van der Waals surface area contributed by atoms with Crippen LogP contribution >= 0.6 is 0 Å². The maximum atomic E-state index is 14.0. The van der Waals surface area contributed by atoms with Crippen LogP contribution in [0.1, 0.15) is 33.0 Å². The van der Waals surface area contributed by atoms with E-state index in [1.807, 2.05) is 30.3 Å². The molecule has 1 aliphatic rings. The van der Waals surface area contributed by atoms with Crippen molar-refractivity contribution < 1.29 is 14.0 Å². The van der Waals surface area contributed by atoms with Crippen molar-refractivity contribution in [1.29, 1.82) is 0 Å². The Morgan fingerprint density at radius 3 is 2.83 bits per heavy atom. The van der Waals surface area contributed by atoms with Gasteiger partial charge in [0.05, 0.1) is 25.3 Å². The molecule has 0 bridgehead atoms. The third kappa shape index (κ3) is 4.31. The summed E-state index contributed by atoms with van der Waals surface area (Å²) in [6.07, 6.45) is 2.08. The Morgan fingerprint density at radius 2 is 2.07 bits per heavy atom. The minimum absolute atomic E-state index is 0.0155. The zero-order valence-corrected chi connectivity index (χ0v) is 15.5. The molecule has 2 aromatic heterocycles. The molecule has 29 heavy (non-hydrogen) atoms. The van der Waals surface area contributed by atoms with Crippen LogP contribution in [0.2, 0.25) is 0 Å². The molecule has 0 spiro atoms. The number of amides is 2. The van der Waals surface area contributed by atoms with Crippen LogP contribution in [0, 0.1) is 0 Å². The predicted octanol–water partition coefficient (Wildman–Crippen LogP) is 1.18. The highest BCUT2D eigenvalue weighted by Gasteiger charge is 2.36. The first-order valence-corrected chi connectivity index (χ1v) is 9.27. The zero-order chi connectivity index (χ0) is 20.2. The van der Waals surface area contributed by atoms with E-state index in [2.05, 4.69) is 25.8 Å². The Hall–Kier alpha value is -3.56. The number of alkyl halides is 1. The standard InChI is InChI=1S/C19H20FN7O2/c20-14-8-15(27(10-14)19(29)16-6-7-22-23-16)11-26-12-17(24-25-26)18(28)21-9-13-4-2-1-3-5-13/h1-7,12,14-15H,8-11H2,(H,21,28)(H,22,23)/t14-,15-/m0/s1. The number of hydrogen-bond acceptors (Lipinski definition) is 5. The Bertz CT molecular complexity index is 974. The van der Waals surface area contributed by atoms with Crippen LogP contribution in [-0.2, 0) is 13.1 Å². The molecule has 10 heteroatoms. The summed E-state index contributed by atoms with van der Waals surface area (Å²) in [6.45, 7) is 0.645. The van der Waals surface area contributed by atoms with Gasteiger partial charge < -0.3 is 10.2 Å². The summed E-state index contributed by atoms with van der Waals surface area (Å²) in [5.41, 5.74) is 1.45. The van der Waals surface area contributed by atoms with Gasteiger partial charge in [0.25, 0.3) is 11.8 Å². The fourth-order valence-electron chi connectivity index (χ4n) is 3.39. The van der Waals surface area contributed by atoms with Gasteiger partial charge in [-0.25, -0.2) is 9.07 Å². The topological polar surface area (TPSA) is 109 Å². The second-order valence-electron chi connectivity index (χ2n) is 6.91. The average Bonchev–Trinajstić information content (AvgIpc) is 3.48. The van der Waals surface area contributed by atoms with E-state index in [1.54, 1.807) is 6.07 Å². The second kappa shape index (κ2) is 8.21. The van der Waals surface area contributed by atoms with Crippen molar-refractivity contribution >= 4 is 11.8 Å². The van der Waals surface area contributed by atoms with Crippen molar-refractivity contribution in [2.45, 2.75) is 31.7 Å². The molecule has 9 nitrogen and oxygen atoms in total. The van der Waals surface area contributed by atoms with Gasteiger partial charge >= 0.3 is 0 Å². The number of aromatic nitrogens is 5. The van der Waals surface area contributed by atoms with Crippen LogP contribution in [0.3, 0.4) is 0 Å². The molecule has 150 valence electrons. The molecular formula is C19H20FN7O2. The number of aromatic amines is 1. The van der Waals surface area contributed by atoms with Crippen molar-refractivity contribution in [3.05, 3.63) is 65.7 Å². The minimum atomic E-state index is -1.11. The summed E-state index contributed by atoms with van der Waals surface area (Å²) in [5, 5.41) is 17.0. The van der Waals surface area contributed by atoms with Gasteiger partial charge in [-0.3, -0.25) is 14.7 Å². The van der Waals surface area contributed by atoms with Gasteiger partial charge in [-0.2, -0.15) is 5.10 Å². The number of hydrogen-bond donors (Lipinski definition) is 2. The van der Waals surface area contributed by atoms with Crippen molar-refractivity contribution in [3.63, 3.8) is 0 Å². The molecule has 3 aromatic rings. The van der Waals surface area contributed by atoms with Gasteiger partial charge in [0, 0.05) is 19.2 Å². The summed E-state index contributed by atoms with van der Waals surface area (Å²) >= 11 is 0.